The summed E-state index contributed by atoms with van der Waals surface area (Å²) in [5.74, 6) is -1.40. The molecular weight excluding hydrogens is 877 g/mol. The number of ether oxygens (including phenoxy) is 2. The van der Waals surface area contributed by atoms with Crippen LogP contribution in [0.1, 0.15) is 354 Å². The quantitative estimate of drug-likeness (QED) is 0.0358. The Morgan fingerprint density at radius 3 is 0.873 bits per heavy atom. The van der Waals surface area contributed by atoms with E-state index in [1.54, 1.807) is 0 Å². The molecule has 6 nitrogen and oxygen atoms in total. The first kappa shape index (κ1) is 67.6. The number of aliphatic hydroxyl groups excluding tert-OH is 2. The molecule has 0 radical (unpaired) electrons. The smallest absolute Gasteiger partial charge is 0.309 e. The Morgan fingerprint density at radius 2 is 0.606 bits per heavy atom. The molecule has 1 heterocycles. The third-order valence-electron chi connectivity index (χ3n) is 16.0. The van der Waals surface area contributed by atoms with E-state index in [2.05, 4.69) is 19.1 Å². The van der Waals surface area contributed by atoms with Crippen molar-refractivity contribution in [2.45, 2.75) is 354 Å². The van der Waals surface area contributed by atoms with E-state index < -0.39 is 36.5 Å². The molecule has 0 aromatic carbocycles. The third kappa shape index (κ3) is 46.8. The van der Waals surface area contributed by atoms with E-state index >= 15 is 0 Å². The maximum absolute atomic E-state index is 12.5. The number of unbranched alkanes of at least 4 members (excludes halogenated alkanes) is 50. The first-order valence-electron chi connectivity index (χ1n) is 32.3. The predicted molar refractivity (Wildman–Crippen MR) is 306 cm³/mol. The van der Waals surface area contributed by atoms with Crippen molar-refractivity contribution in [1.29, 1.82) is 0 Å². The maximum atomic E-state index is 12.5. The summed E-state index contributed by atoms with van der Waals surface area (Å²) in [7, 11) is 0. The molecule has 0 spiro atoms. The van der Waals surface area contributed by atoms with E-state index in [4.69, 9.17) is 9.47 Å². The van der Waals surface area contributed by atoms with Crippen molar-refractivity contribution in [2.24, 2.45) is 11.3 Å². The average molecular weight is 1000 g/mol. The minimum absolute atomic E-state index is 0.00497. The Morgan fingerprint density at radius 1 is 0.366 bits per heavy atom. The van der Waals surface area contributed by atoms with Gasteiger partial charge in [0.25, 0.3) is 0 Å². The van der Waals surface area contributed by atoms with Gasteiger partial charge in [0.1, 0.15) is 13.2 Å². The summed E-state index contributed by atoms with van der Waals surface area (Å²) in [6, 6.07) is 0. The molecule has 0 aromatic heterocycles. The number of hydrogen-bond donors (Lipinski definition) is 2. The maximum Gasteiger partial charge on any atom is 0.309 e. The molecule has 0 aliphatic carbocycles. The molecule has 1 aliphatic rings. The molecule has 0 amide bonds. The van der Waals surface area contributed by atoms with Crippen LogP contribution in [0.3, 0.4) is 0 Å². The largest absolute Gasteiger partial charge is 0.465 e. The van der Waals surface area contributed by atoms with Crippen LogP contribution in [0.15, 0.2) is 12.2 Å². The number of allylic oxidation sites excluding steroid dienone is 2. The summed E-state index contributed by atoms with van der Waals surface area (Å²) < 4.78 is 10.6. The lowest BCUT2D eigenvalue weighted by atomic mass is 9.92. The van der Waals surface area contributed by atoms with E-state index in [9.17, 15) is 19.8 Å². The van der Waals surface area contributed by atoms with Gasteiger partial charge in [-0.05, 0) is 32.1 Å². The normalized spacial score (nSPS) is 15.3. The van der Waals surface area contributed by atoms with Gasteiger partial charge in [-0.15, -0.1) is 0 Å². The molecule has 0 bridgehead atoms. The van der Waals surface area contributed by atoms with E-state index in [1.807, 2.05) is 0 Å². The van der Waals surface area contributed by atoms with Crippen molar-refractivity contribution < 1.29 is 29.3 Å². The molecule has 71 heavy (non-hydrogen) atoms. The summed E-state index contributed by atoms with van der Waals surface area (Å²) in [6.07, 6.45) is 78.7. The number of carbonyl (C=O) groups excluding carboxylic acids is 2. The molecule has 1 aliphatic heterocycles. The van der Waals surface area contributed by atoms with Crippen molar-refractivity contribution in [3.05, 3.63) is 12.2 Å². The highest BCUT2D eigenvalue weighted by Gasteiger charge is 2.36. The van der Waals surface area contributed by atoms with Crippen molar-refractivity contribution >= 4 is 11.9 Å². The van der Waals surface area contributed by atoms with Crippen LogP contribution in [0.4, 0.5) is 0 Å². The molecule has 2 N–H and O–H groups in total. The monoisotopic (exact) mass is 1000 g/mol. The van der Waals surface area contributed by atoms with Crippen LogP contribution in [0.2, 0.25) is 0 Å². The number of hydrogen-bond acceptors (Lipinski definition) is 6. The molecule has 1 fully saturated rings. The molecule has 1 atom stereocenters. The van der Waals surface area contributed by atoms with Crippen LogP contribution >= 0.6 is 0 Å². The first-order valence-corrected chi connectivity index (χ1v) is 32.3. The molecule has 1 unspecified atom stereocenters. The lowest BCUT2D eigenvalue weighted by molar-refractivity contribution is -0.155. The van der Waals surface area contributed by atoms with Crippen LogP contribution in [0, 0.1) is 11.3 Å². The highest BCUT2D eigenvalue weighted by atomic mass is 16.6. The van der Waals surface area contributed by atoms with Gasteiger partial charge in [-0.1, -0.05) is 327 Å². The van der Waals surface area contributed by atoms with Crippen LogP contribution in [0.5, 0.6) is 0 Å². The summed E-state index contributed by atoms with van der Waals surface area (Å²) in [4.78, 5) is 24.7. The van der Waals surface area contributed by atoms with Gasteiger partial charge in [-0.2, -0.15) is 0 Å². The Balaban J connectivity index is 1.68. The molecule has 0 saturated carbocycles. The van der Waals surface area contributed by atoms with Crippen LogP contribution in [0.25, 0.3) is 0 Å². The van der Waals surface area contributed by atoms with Gasteiger partial charge in [0.2, 0.25) is 0 Å². The number of aliphatic hydroxyl groups is 2. The molecular formula is C65H124O6. The highest BCUT2D eigenvalue weighted by Crippen LogP contribution is 2.25. The van der Waals surface area contributed by atoms with Crippen LogP contribution in [-0.2, 0) is 19.1 Å². The zero-order chi connectivity index (χ0) is 51.1. The number of rotatable bonds is 56. The van der Waals surface area contributed by atoms with E-state index in [1.165, 1.54) is 315 Å². The average Bonchev–Trinajstić information content (AvgIpc) is 3.44. The summed E-state index contributed by atoms with van der Waals surface area (Å²) in [5.41, 5.74) is -1.12. The summed E-state index contributed by atoms with van der Waals surface area (Å²) >= 11 is 0. The van der Waals surface area contributed by atoms with Crippen LogP contribution in [-0.4, -0.2) is 48.6 Å². The predicted octanol–water partition coefficient (Wildman–Crippen LogP) is 20.3. The lowest BCUT2D eigenvalue weighted by Gasteiger charge is -2.27. The number of carbonyl (C=O) groups is 2. The molecule has 0 aromatic rings. The second-order valence-electron chi connectivity index (χ2n) is 23.1. The zero-order valence-corrected chi connectivity index (χ0v) is 47.8. The molecule has 420 valence electrons. The third-order valence-corrected chi connectivity index (χ3v) is 16.0. The molecule has 1 saturated heterocycles. The van der Waals surface area contributed by atoms with Gasteiger partial charge in [0.05, 0.1) is 31.0 Å². The van der Waals surface area contributed by atoms with Crippen molar-refractivity contribution in [2.75, 3.05) is 26.4 Å². The van der Waals surface area contributed by atoms with Gasteiger partial charge < -0.3 is 19.7 Å². The fraction of sp³-hybridized carbons (Fsp3) is 0.938. The molecule has 6 heteroatoms. The number of cyclic esters (lactones) is 2. The van der Waals surface area contributed by atoms with Gasteiger partial charge in [-0.3, -0.25) is 9.59 Å². The van der Waals surface area contributed by atoms with Gasteiger partial charge in [0.15, 0.2) is 0 Å². The SMILES string of the molecule is CCCCCCCCCCCCCCCCC/C=C/CCCCCCCCCCCCCCCCCCCCCCCCCCCCCCCCCCCCCC1CC(=O)OCC(CO)(CO)COC1=O. The highest BCUT2D eigenvalue weighted by molar-refractivity contribution is 5.80. The molecule has 1 rings (SSSR count). The Bertz CT molecular complexity index is 1120. The fourth-order valence-corrected chi connectivity index (χ4v) is 10.8. The van der Waals surface area contributed by atoms with Crippen LogP contribution < -0.4 is 0 Å². The second-order valence-corrected chi connectivity index (χ2v) is 23.1. The second kappa shape index (κ2) is 54.8. The standard InChI is InChI=1S/C65H124O6/c1-2-3-4-5-6-7-8-9-10-11-12-13-14-15-16-17-18-19-20-21-22-23-24-25-26-27-28-29-30-31-32-33-34-35-36-37-38-39-40-41-42-43-44-45-46-47-48-49-50-51-52-53-54-55-56-62-57-63(68)70-60-65(58-66,59-67)61-71-64(62)69/h18-19,62,66-67H,2-17,20-61H2,1H3/b19-18+. The Kier molecular flexibility index (Phi) is 52.2. The Labute approximate surface area is 443 Å². The Hall–Kier alpha value is -1.40. The van der Waals surface area contributed by atoms with E-state index in [0.29, 0.717) is 6.42 Å². The minimum Gasteiger partial charge on any atom is -0.465 e. The van der Waals surface area contributed by atoms with E-state index in [-0.39, 0.29) is 19.6 Å². The van der Waals surface area contributed by atoms with Gasteiger partial charge in [0, 0.05) is 0 Å². The lowest BCUT2D eigenvalue weighted by Crippen LogP contribution is -2.40. The van der Waals surface area contributed by atoms with Crippen molar-refractivity contribution in [1.82, 2.24) is 0 Å². The van der Waals surface area contributed by atoms with Crippen molar-refractivity contribution in [3.63, 3.8) is 0 Å². The summed E-state index contributed by atoms with van der Waals surface area (Å²) in [5, 5.41) is 19.2. The number of esters is 2. The van der Waals surface area contributed by atoms with Gasteiger partial charge in [-0.25, -0.2) is 0 Å². The minimum atomic E-state index is -1.12. The fourth-order valence-electron chi connectivity index (χ4n) is 10.8. The van der Waals surface area contributed by atoms with Crippen molar-refractivity contribution in [3.8, 4) is 0 Å². The van der Waals surface area contributed by atoms with Gasteiger partial charge >= 0.3 is 11.9 Å². The summed E-state index contributed by atoms with van der Waals surface area (Å²) in [6.45, 7) is 1.21. The topological polar surface area (TPSA) is 93.1 Å². The van der Waals surface area contributed by atoms with E-state index in [0.717, 1.165) is 19.3 Å². The first-order chi connectivity index (χ1) is 35.1. The zero-order valence-electron chi connectivity index (χ0n) is 47.8.